The fraction of sp³-hybridized carbons (Fsp3) is 0.200. The molecule has 3 heterocycles. The molecule has 27 heavy (non-hydrogen) atoms. The number of amides is 2. The summed E-state index contributed by atoms with van der Waals surface area (Å²) in [4.78, 5) is 34.5. The van der Waals surface area contributed by atoms with E-state index < -0.39 is 0 Å². The first kappa shape index (κ1) is 17.0. The number of hydrogen-bond donors (Lipinski definition) is 1. The van der Waals surface area contributed by atoms with Crippen molar-refractivity contribution < 1.29 is 14.0 Å². The summed E-state index contributed by atoms with van der Waals surface area (Å²) in [6, 6.07) is 13.4. The third kappa shape index (κ3) is 3.72. The van der Waals surface area contributed by atoms with Gasteiger partial charge in [-0.25, -0.2) is 4.98 Å². The quantitative estimate of drug-likeness (QED) is 0.752. The molecule has 0 saturated carbocycles. The summed E-state index contributed by atoms with van der Waals surface area (Å²) in [6.45, 7) is 1.12. The number of aromatic nitrogens is 2. The Morgan fingerprint density at radius 2 is 1.96 bits per heavy atom. The summed E-state index contributed by atoms with van der Waals surface area (Å²) in [5.41, 5.74) is 2.29. The van der Waals surface area contributed by atoms with Gasteiger partial charge in [0.15, 0.2) is 0 Å². The number of carbonyl (C=O) groups is 2. The van der Waals surface area contributed by atoms with Crippen LogP contribution in [0.15, 0.2) is 59.3 Å². The number of nitrogens with one attached hydrogen (secondary N) is 1. The van der Waals surface area contributed by atoms with Crippen LogP contribution in [0.4, 0.5) is 0 Å². The highest BCUT2D eigenvalue weighted by Crippen LogP contribution is 2.24. The monoisotopic (exact) mass is 362 g/mol. The molecule has 0 atom stereocenters. The molecule has 0 radical (unpaired) electrons. The first-order valence-corrected chi connectivity index (χ1v) is 8.71. The molecule has 0 unspecified atom stereocenters. The van der Waals surface area contributed by atoms with Crippen molar-refractivity contribution in [1.29, 1.82) is 0 Å². The van der Waals surface area contributed by atoms with E-state index in [9.17, 15) is 9.59 Å². The van der Waals surface area contributed by atoms with Crippen LogP contribution in [0.5, 0.6) is 0 Å². The predicted molar refractivity (Wildman–Crippen MR) is 96.8 cm³/mol. The van der Waals surface area contributed by atoms with E-state index in [0.717, 1.165) is 12.0 Å². The Bertz CT molecular complexity index is 930. The van der Waals surface area contributed by atoms with Crippen LogP contribution in [0.2, 0.25) is 0 Å². The van der Waals surface area contributed by atoms with Crippen molar-refractivity contribution in [3.63, 3.8) is 0 Å². The van der Waals surface area contributed by atoms with E-state index in [-0.39, 0.29) is 17.7 Å². The summed E-state index contributed by atoms with van der Waals surface area (Å²) in [7, 11) is 0. The average molecular weight is 362 g/mol. The molecule has 1 aliphatic rings. The number of benzene rings is 1. The van der Waals surface area contributed by atoms with Gasteiger partial charge < -0.3 is 14.6 Å². The van der Waals surface area contributed by atoms with Gasteiger partial charge in [0.1, 0.15) is 11.5 Å². The highest BCUT2D eigenvalue weighted by Gasteiger charge is 2.30. The Morgan fingerprint density at radius 1 is 1.11 bits per heavy atom. The molecular formula is C20H18N4O3. The molecule has 0 fully saturated rings. The topological polar surface area (TPSA) is 88.3 Å². The van der Waals surface area contributed by atoms with Crippen molar-refractivity contribution in [1.82, 2.24) is 20.2 Å². The predicted octanol–water partition coefficient (Wildman–Crippen LogP) is 2.20. The van der Waals surface area contributed by atoms with E-state index in [4.69, 9.17) is 4.42 Å². The van der Waals surface area contributed by atoms with Crippen LogP contribution in [0.3, 0.4) is 0 Å². The number of nitrogens with zero attached hydrogens (tertiary/aromatic N) is 3. The summed E-state index contributed by atoms with van der Waals surface area (Å²) in [5.74, 6) is 0.123. The van der Waals surface area contributed by atoms with Crippen LogP contribution in [0.25, 0.3) is 0 Å². The Morgan fingerprint density at radius 3 is 2.70 bits per heavy atom. The largest absolute Gasteiger partial charge is 0.435 e. The fourth-order valence-corrected chi connectivity index (χ4v) is 2.99. The molecule has 1 aliphatic heterocycles. The maximum atomic E-state index is 12.4. The molecule has 0 saturated heterocycles. The Kier molecular flexibility index (Phi) is 4.65. The number of oxazole rings is 1. The van der Waals surface area contributed by atoms with Crippen LogP contribution >= 0.6 is 0 Å². The van der Waals surface area contributed by atoms with E-state index in [2.05, 4.69) is 15.3 Å². The second-order valence-corrected chi connectivity index (χ2v) is 6.28. The van der Waals surface area contributed by atoms with Gasteiger partial charge in [-0.05, 0) is 24.1 Å². The first-order chi connectivity index (χ1) is 13.2. The molecular weight excluding hydrogens is 344 g/mol. The van der Waals surface area contributed by atoms with Gasteiger partial charge in [0.2, 0.25) is 0 Å². The van der Waals surface area contributed by atoms with Gasteiger partial charge in [0.25, 0.3) is 11.8 Å². The summed E-state index contributed by atoms with van der Waals surface area (Å²) in [6.07, 6.45) is 3.89. The lowest BCUT2D eigenvalue weighted by molar-refractivity contribution is 0.0740. The highest BCUT2D eigenvalue weighted by atomic mass is 16.4. The molecule has 4 rings (SSSR count). The summed E-state index contributed by atoms with van der Waals surface area (Å²) < 4.78 is 5.57. The van der Waals surface area contributed by atoms with Gasteiger partial charge in [-0.2, -0.15) is 0 Å². The zero-order valence-electron chi connectivity index (χ0n) is 14.6. The molecule has 7 nitrogen and oxygen atoms in total. The van der Waals surface area contributed by atoms with E-state index in [1.54, 1.807) is 23.2 Å². The van der Waals surface area contributed by atoms with Crippen molar-refractivity contribution in [3.8, 4) is 0 Å². The molecule has 7 heteroatoms. The molecule has 2 aromatic heterocycles. The fourth-order valence-electron chi connectivity index (χ4n) is 2.99. The zero-order valence-corrected chi connectivity index (χ0v) is 14.6. The number of hydrogen-bond acceptors (Lipinski definition) is 5. The van der Waals surface area contributed by atoms with Crippen molar-refractivity contribution in [3.05, 3.63) is 83.3 Å². The van der Waals surface area contributed by atoms with E-state index in [0.29, 0.717) is 36.7 Å². The maximum Gasteiger partial charge on any atom is 0.307 e. The number of rotatable bonds is 5. The lowest BCUT2D eigenvalue weighted by Gasteiger charge is -2.14. The van der Waals surface area contributed by atoms with Crippen LogP contribution in [0.1, 0.15) is 38.1 Å². The smallest absolute Gasteiger partial charge is 0.307 e. The van der Waals surface area contributed by atoms with Gasteiger partial charge in [-0.15, -0.1) is 0 Å². The van der Waals surface area contributed by atoms with Gasteiger partial charge in [-0.3, -0.25) is 14.6 Å². The lowest BCUT2D eigenvalue weighted by Crippen LogP contribution is -2.27. The minimum absolute atomic E-state index is 0.0431. The summed E-state index contributed by atoms with van der Waals surface area (Å²) in [5, 5.41) is 2.81. The Balaban J connectivity index is 1.33. The maximum absolute atomic E-state index is 12.4. The van der Waals surface area contributed by atoms with Gasteiger partial charge >= 0.3 is 5.91 Å². The third-order valence-corrected chi connectivity index (χ3v) is 4.39. The molecule has 0 bridgehead atoms. The standard InChI is InChI=1S/C20H18N4O3/c25-18(22-10-8-14-5-2-1-3-6-14)19-23-16-12-24(13-17(16)27-19)20(26)15-7-4-9-21-11-15/h1-7,9,11H,8,10,12-13H2,(H,22,25). The van der Waals surface area contributed by atoms with Gasteiger partial charge in [-0.1, -0.05) is 30.3 Å². The second-order valence-electron chi connectivity index (χ2n) is 6.28. The molecule has 1 N–H and O–H groups in total. The van der Waals surface area contributed by atoms with Crippen molar-refractivity contribution in [2.75, 3.05) is 6.54 Å². The third-order valence-electron chi connectivity index (χ3n) is 4.39. The van der Waals surface area contributed by atoms with Crippen molar-refractivity contribution >= 4 is 11.8 Å². The van der Waals surface area contributed by atoms with Crippen LogP contribution in [-0.2, 0) is 19.5 Å². The molecule has 136 valence electrons. The van der Waals surface area contributed by atoms with E-state index in [1.165, 1.54) is 6.20 Å². The first-order valence-electron chi connectivity index (χ1n) is 8.71. The molecule has 0 spiro atoms. The lowest BCUT2D eigenvalue weighted by atomic mass is 10.1. The minimum atomic E-state index is -0.342. The SMILES string of the molecule is O=C(NCCc1ccccc1)c1nc2c(o1)CN(C(=O)c1cccnc1)C2. The van der Waals surface area contributed by atoms with Crippen LogP contribution < -0.4 is 5.32 Å². The molecule has 1 aromatic carbocycles. The highest BCUT2D eigenvalue weighted by molar-refractivity contribution is 5.94. The Labute approximate surface area is 156 Å². The second kappa shape index (κ2) is 7.41. The summed E-state index contributed by atoms with van der Waals surface area (Å²) >= 11 is 0. The molecule has 0 aliphatic carbocycles. The number of carbonyl (C=O) groups excluding carboxylic acids is 2. The Hall–Kier alpha value is -3.48. The van der Waals surface area contributed by atoms with Gasteiger partial charge in [0, 0.05) is 18.9 Å². The van der Waals surface area contributed by atoms with Crippen molar-refractivity contribution in [2.45, 2.75) is 19.5 Å². The average Bonchev–Trinajstić information content (AvgIpc) is 3.28. The normalized spacial score (nSPS) is 12.7. The zero-order chi connectivity index (χ0) is 18.6. The van der Waals surface area contributed by atoms with Crippen LogP contribution in [0, 0.1) is 0 Å². The molecule has 2 amide bonds. The number of fused-ring (bicyclic) bond motifs is 1. The van der Waals surface area contributed by atoms with E-state index >= 15 is 0 Å². The minimum Gasteiger partial charge on any atom is -0.435 e. The number of pyridine rings is 1. The van der Waals surface area contributed by atoms with Crippen molar-refractivity contribution in [2.24, 2.45) is 0 Å². The van der Waals surface area contributed by atoms with Crippen LogP contribution in [-0.4, -0.2) is 33.2 Å². The van der Waals surface area contributed by atoms with Gasteiger partial charge in [0.05, 0.1) is 18.7 Å². The van der Waals surface area contributed by atoms with E-state index in [1.807, 2.05) is 30.3 Å². The molecule has 3 aromatic rings.